The Bertz CT molecular complexity index is 1160. The van der Waals surface area contributed by atoms with Crippen molar-refractivity contribution >= 4 is 17.7 Å². The molecule has 0 saturated carbocycles. The zero-order chi connectivity index (χ0) is 31.7. The van der Waals surface area contributed by atoms with E-state index in [4.69, 9.17) is 9.47 Å². The average Bonchev–Trinajstić information content (AvgIpc) is 3.19. The number of anilines is 1. The van der Waals surface area contributed by atoms with E-state index in [0.717, 1.165) is 13.0 Å². The summed E-state index contributed by atoms with van der Waals surface area (Å²) in [5, 5.41) is 0. The summed E-state index contributed by atoms with van der Waals surface area (Å²) >= 11 is 0. The van der Waals surface area contributed by atoms with E-state index in [2.05, 4.69) is 21.7 Å². The van der Waals surface area contributed by atoms with Crippen LogP contribution in [0, 0.1) is 0 Å². The quantitative estimate of drug-likeness (QED) is 0.411. The molecule has 1 aromatic heterocycles. The normalized spacial score (nSPS) is 25.1. The van der Waals surface area contributed by atoms with E-state index in [0.29, 0.717) is 57.2 Å². The molecule has 3 aliphatic rings. The summed E-state index contributed by atoms with van der Waals surface area (Å²) in [5.74, 6) is -3.16. The Hall–Kier alpha value is -2.37. The van der Waals surface area contributed by atoms with E-state index < -0.39 is 16.9 Å². The Balaban J connectivity index is 1.59. The molecule has 2 fully saturated rings. The van der Waals surface area contributed by atoms with Crippen LogP contribution in [0.25, 0.3) is 0 Å². The third kappa shape index (κ3) is 7.65. The number of piperazine rings is 1. The maximum atomic E-state index is 14.9. The lowest BCUT2D eigenvalue weighted by atomic mass is 9.91. The van der Waals surface area contributed by atoms with Gasteiger partial charge in [-0.25, -0.2) is 13.6 Å². The Labute approximate surface area is 255 Å². The van der Waals surface area contributed by atoms with Crippen LogP contribution >= 0.6 is 0 Å². The van der Waals surface area contributed by atoms with Crippen molar-refractivity contribution in [1.82, 2.24) is 19.7 Å². The summed E-state index contributed by atoms with van der Waals surface area (Å²) in [5.41, 5.74) is -0.101. The van der Waals surface area contributed by atoms with E-state index in [1.54, 1.807) is 16.7 Å². The predicted molar refractivity (Wildman–Crippen MR) is 163 cm³/mol. The van der Waals surface area contributed by atoms with Gasteiger partial charge in [0.25, 0.3) is 5.92 Å². The highest BCUT2D eigenvalue weighted by Gasteiger charge is 2.44. The molecule has 0 N–H and O–H groups in total. The van der Waals surface area contributed by atoms with Crippen LogP contribution in [0.15, 0.2) is 12.3 Å². The van der Waals surface area contributed by atoms with Crippen LogP contribution in [-0.4, -0.2) is 108 Å². The molecule has 43 heavy (non-hydrogen) atoms. The average molecular weight is 608 g/mol. The van der Waals surface area contributed by atoms with Crippen LogP contribution in [0.3, 0.4) is 0 Å². The van der Waals surface area contributed by atoms with Gasteiger partial charge in [0, 0.05) is 74.4 Å². The number of aromatic nitrogens is 1. The number of halogens is 2. The Morgan fingerprint density at radius 3 is 2.51 bits per heavy atom. The molecule has 0 aromatic carbocycles. The van der Waals surface area contributed by atoms with E-state index in [-0.39, 0.29) is 48.7 Å². The smallest absolute Gasteiger partial charge is 0.410 e. The van der Waals surface area contributed by atoms with Crippen molar-refractivity contribution in [3.63, 3.8) is 0 Å². The lowest BCUT2D eigenvalue weighted by Crippen LogP contribution is -2.64. The molecule has 4 rings (SSSR count). The van der Waals surface area contributed by atoms with Crippen LogP contribution in [0.5, 0.6) is 0 Å². The number of nitrogens with zero attached hydrogens (tertiary/aromatic N) is 5. The number of pyridine rings is 1. The zero-order valence-corrected chi connectivity index (χ0v) is 27.3. The van der Waals surface area contributed by atoms with Crippen molar-refractivity contribution in [2.45, 2.75) is 110 Å². The largest absolute Gasteiger partial charge is 0.444 e. The molecule has 11 heteroatoms. The van der Waals surface area contributed by atoms with Crippen LogP contribution in [0.2, 0.25) is 0 Å². The Kier molecular flexibility index (Phi) is 10.1. The lowest BCUT2D eigenvalue weighted by Gasteiger charge is -2.48. The molecule has 0 spiro atoms. The molecule has 0 aliphatic carbocycles. The minimum absolute atomic E-state index is 0.114. The molecule has 4 heterocycles. The van der Waals surface area contributed by atoms with Gasteiger partial charge in [0.05, 0.1) is 31.1 Å². The number of carbonyl (C=O) groups excluding carboxylic acids is 2. The molecule has 3 atom stereocenters. The number of hydrogen-bond acceptors (Lipinski definition) is 7. The highest BCUT2D eigenvalue weighted by molar-refractivity contribution is 5.97. The first-order valence-electron chi connectivity index (χ1n) is 15.8. The molecule has 1 unspecified atom stereocenters. The van der Waals surface area contributed by atoms with E-state index >= 15 is 0 Å². The van der Waals surface area contributed by atoms with Gasteiger partial charge in [-0.3, -0.25) is 19.6 Å². The van der Waals surface area contributed by atoms with Gasteiger partial charge < -0.3 is 19.3 Å². The Morgan fingerprint density at radius 2 is 1.86 bits per heavy atom. The number of carbonyl (C=O) groups is 2. The van der Waals surface area contributed by atoms with Gasteiger partial charge in [0.2, 0.25) is 5.91 Å². The van der Waals surface area contributed by atoms with Crippen molar-refractivity contribution in [3.05, 3.63) is 23.5 Å². The van der Waals surface area contributed by atoms with Crippen molar-refractivity contribution in [1.29, 1.82) is 0 Å². The lowest BCUT2D eigenvalue weighted by molar-refractivity contribution is -0.122. The highest BCUT2D eigenvalue weighted by Crippen LogP contribution is 2.43. The second-order valence-corrected chi connectivity index (χ2v) is 14.1. The molecular formula is C32H51F2N5O4. The Morgan fingerprint density at radius 1 is 1.14 bits per heavy atom. The van der Waals surface area contributed by atoms with Crippen LogP contribution in [0.1, 0.15) is 85.9 Å². The zero-order valence-electron chi connectivity index (χ0n) is 27.3. The monoisotopic (exact) mass is 607 g/mol. The summed E-state index contributed by atoms with van der Waals surface area (Å²) in [6.45, 7) is 19.6. The fourth-order valence-corrected chi connectivity index (χ4v) is 6.50. The van der Waals surface area contributed by atoms with Crippen molar-refractivity contribution in [2.75, 3.05) is 57.4 Å². The van der Waals surface area contributed by atoms with Crippen LogP contribution < -0.4 is 4.90 Å². The van der Waals surface area contributed by atoms with Gasteiger partial charge >= 0.3 is 6.09 Å². The summed E-state index contributed by atoms with van der Waals surface area (Å²) < 4.78 is 41.2. The maximum absolute atomic E-state index is 14.9. The minimum Gasteiger partial charge on any atom is -0.444 e. The molecule has 2 amide bonds. The van der Waals surface area contributed by atoms with Crippen LogP contribution in [0.4, 0.5) is 19.3 Å². The van der Waals surface area contributed by atoms with Crippen molar-refractivity contribution in [2.24, 2.45) is 0 Å². The number of amides is 2. The van der Waals surface area contributed by atoms with Crippen molar-refractivity contribution < 1.29 is 27.8 Å². The number of alkyl halides is 2. The topological polar surface area (TPSA) is 78.5 Å². The first-order chi connectivity index (χ1) is 20.1. The molecule has 9 nitrogen and oxygen atoms in total. The second kappa shape index (κ2) is 12.9. The fourth-order valence-electron chi connectivity index (χ4n) is 6.50. The summed E-state index contributed by atoms with van der Waals surface area (Å²) in [6, 6.07) is 1.44. The van der Waals surface area contributed by atoms with Crippen LogP contribution in [-0.2, 0) is 25.6 Å². The highest BCUT2D eigenvalue weighted by atomic mass is 19.3. The molecule has 242 valence electrons. The van der Waals surface area contributed by atoms with E-state index in [1.165, 1.54) is 12.3 Å². The minimum atomic E-state index is -3.01. The standard InChI is InChI=1S/C32H51F2N5O4/c1-9-11-32(33,34)23-14-26-28(35-15-23)31(7,8)21-39(26)27(40)19-37-16-22(3)38(29(41)43-30(4,5)6)18-25(37)17-36-12-13-42-20-24(36)10-2/h14-15,22,24-25H,9-13,16-21H2,1-8H3/t22-,24?,25+/m1/s1. The number of ether oxygens (including phenoxy) is 2. The summed E-state index contributed by atoms with van der Waals surface area (Å²) in [4.78, 5) is 39.7. The molecule has 0 bridgehead atoms. The third-order valence-corrected chi connectivity index (χ3v) is 8.83. The molecule has 1 aromatic rings. The SMILES string of the molecule is CCCC(F)(F)c1cnc2c(c1)N(C(=O)CN1C[C@@H](C)N(C(=O)OC(C)(C)C)C[C@@H]1CN1CCOCC1CC)CC2(C)C. The van der Waals surface area contributed by atoms with Gasteiger partial charge in [-0.1, -0.05) is 34.1 Å². The molecule has 2 saturated heterocycles. The second-order valence-electron chi connectivity index (χ2n) is 14.1. The van der Waals surface area contributed by atoms with Gasteiger partial charge in [0.15, 0.2) is 0 Å². The molecule has 0 radical (unpaired) electrons. The van der Waals surface area contributed by atoms with Gasteiger partial charge in [-0.15, -0.1) is 0 Å². The van der Waals surface area contributed by atoms with E-state index in [9.17, 15) is 18.4 Å². The van der Waals surface area contributed by atoms with Gasteiger partial charge in [0.1, 0.15) is 5.60 Å². The van der Waals surface area contributed by atoms with Gasteiger partial charge in [-0.2, -0.15) is 0 Å². The third-order valence-electron chi connectivity index (χ3n) is 8.83. The molecular weight excluding hydrogens is 556 g/mol. The number of rotatable bonds is 8. The van der Waals surface area contributed by atoms with Crippen molar-refractivity contribution in [3.8, 4) is 0 Å². The number of fused-ring (bicyclic) bond motifs is 1. The number of morpholine rings is 1. The fraction of sp³-hybridized carbons (Fsp3) is 0.781. The summed E-state index contributed by atoms with van der Waals surface area (Å²) in [6.07, 6.45) is 1.92. The van der Waals surface area contributed by atoms with Gasteiger partial charge in [-0.05, 0) is 40.2 Å². The summed E-state index contributed by atoms with van der Waals surface area (Å²) in [7, 11) is 0. The molecule has 3 aliphatic heterocycles. The first kappa shape index (κ1) is 33.5. The predicted octanol–water partition coefficient (Wildman–Crippen LogP) is 5.02. The first-order valence-corrected chi connectivity index (χ1v) is 15.8. The number of hydrogen-bond donors (Lipinski definition) is 0. The maximum Gasteiger partial charge on any atom is 0.410 e. The van der Waals surface area contributed by atoms with E-state index in [1.807, 2.05) is 41.5 Å².